The van der Waals surface area contributed by atoms with E-state index in [9.17, 15) is 18.3 Å². The van der Waals surface area contributed by atoms with Gasteiger partial charge < -0.3 is 24.8 Å². The number of aromatic nitrogens is 3. The minimum Gasteiger partial charge on any atom is -0.508 e. The van der Waals surface area contributed by atoms with Crippen molar-refractivity contribution < 1.29 is 32.1 Å². The molecule has 0 spiro atoms. The minimum atomic E-state index is -1.27. The van der Waals surface area contributed by atoms with Crippen LogP contribution in [0.5, 0.6) is 17.6 Å². The molecule has 4 saturated heterocycles. The molecule has 2 N–H and O–H groups in total. The van der Waals surface area contributed by atoms with E-state index in [1.54, 1.807) is 0 Å². The highest BCUT2D eigenvalue weighted by Gasteiger charge is 2.50. The summed E-state index contributed by atoms with van der Waals surface area (Å²) in [7, 11) is 0. The van der Waals surface area contributed by atoms with Crippen LogP contribution >= 0.6 is 0 Å². The SMILES string of the molecule is C#Cc1c(F)c(F)cc2cc(O)cc(-c3nc4c5c(nc(OC[C@@]67CCCN6C[C@H](F)C7)nc5c3F)N3C[C@H]5CC[C@H](N5)[C@H]3CO4)c12. The van der Waals surface area contributed by atoms with Crippen molar-refractivity contribution in [3.05, 3.63) is 41.2 Å². The second-order valence-electron chi connectivity index (χ2n) is 13.4. The first-order valence-electron chi connectivity index (χ1n) is 15.9. The van der Waals surface area contributed by atoms with Gasteiger partial charge in [-0.1, -0.05) is 5.92 Å². The number of nitrogens with zero attached hydrogens (tertiary/aromatic N) is 5. The van der Waals surface area contributed by atoms with Gasteiger partial charge in [-0.25, -0.2) is 22.5 Å². The first-order valence-corrected chi connectivity index (χ1v) is 15.9. The van der Waals surface area contributed by atoms with Gasteiger partial charge in [0.05, 0.1) is 17.1 Å². The van der Waals surface area contributed by atoms with E-state index in [1.165, 1.54) is 12.1 Å². The van der Waals surface area contributed by atoms with Crippen LogP contribution in [0.4, 0.5) is 23.4 Å². The summed E-state index contributed by atoms with van der Waals surface area (Å²) in [6, 6.07) is 3.43. The van der Waals surface area contributed by atoms with Crippen molar-refractivity contribution in [3.63, 3.8) is 0 Å². The van der Waals surface area contributed by atoms with Gasteiger partial charge in [0.25, 0.3) is 0 Å². The normalized spacial score (nSPS) is 27.9. The van der Waals surface area contributed by atoms with Gasteiger partial charge in [0.1, 0.15) is 47.5 Å². The number of rotatable bonds is 4. The molecule has 0 saturated carbocycles. The van der Waals surface area contributed by atoms with Crippen molar-refractivity contribution in [1.29, 1.82) is 0 Å². The van der Waals surface area contributed by atoms with Gasteiger partial charge in [-0.15, -0.1) is 6.42 Å². The molecule has 0 aliphatic carbocycles. The van der Waals surface area contributed by atoms with Gasteiger partial charge in [0, 0.05) is 42.5 Å². The zero-order chi connectivity index (χ0) is 32.2. The molecular weight excluding hydrogens is 616 g/mol. The van der Waals surface area contributed by atoms with Gasteiger partial charge in [-0.05, 0) is 55.8 Å². The molecule has 13 heteroatoms. The van der Waals surface area contributed by atoms with Crippen molar-refractivity contribution in [2.45, 2.75) is 61.9 Å². The number of phenols is 1. The van der Waals surface area contributed by atoms with Crippen LogP contribution in [0.3, 0.4) is 0 Å². The molecule has 4 aromatic rings. The topological polar surface area (TPSA) is 95.9 Å². The van der Waals surface area contributed by atoms with E-state index in [4.69, 9.17) is 20.9 Å². The van der Waals surface area contributed by atoms with Gasteiger partial charge in [0.15, 0.2) is 17.5 Å². The molecule has 0 radical (unpaired) electrons. The van der Waals surface area contributed by atoms with E-state index in [-0.39, 0.29) is 81.9 Å². The van der Waals surface area contributed by atoms with Crippen LogP contribution in [0.2, 0.25) is 0 Å². The highest BCUT2D eigenvalue weighted by molar-refractivity contribution is 6.04. The lowest BCUT2D eigenvalue weighted by molar-refractivity contribution is 0.107. The van der Waals surface area contributed by atoms with Crippen LogP contribution in [0.25, 0.3) is 32.9 Å². The third-order valence-electron chi connectivity index (χ3n) is 10.7. The summed E-state index contributed by atoms with van der Waals surface area (Å²) in [5.74, 6) is -1.05. The fourth-order valence-electron chi connectivity index (χ4n) is 8.60. The molecule has 0 unspecified atom stereocenters. The standard InChI is InChI=1S/C34H30F4N6O3/c1-2-20-25-16(9-22(36)27(20)37)8-19(45)10-21(25)29-28(38)30-26-31(44-13-18-4-5-23(39-18)24(44)14-46-32(26)40-29)42-33(41-30)47-15-34-6-3-7-43(34)12-17(35)11-34/h1,8-10,17-18,23-24,39,45H,3-7,11-15H2/t17-,18-,23+,24-,34+/m1/s1. The molecule has 5 atom stereocenters. The van der Waals surface area contributed by atoms with E-state index in [1.807, 2.05) is 0 Å². The lowest BCUT2D eigenvalue weighted by Crippen LogP contribution is -2.60. The average Bonchev–Trinajstić information content (AvgIpc) is 3.68. The first kappa shape index (κ1) is 28.8. The number of phenolic OH excluding ortho intramolecular Hbond substituents is 1. The van der Waals surface area contributed by atoms with Gasteiger partial charge >= 0.3 is 6.01 Å². The number of ether oxygens (including phenoxy) is 2. The predicted octanol–water partition coefficient (Wildman–Crippen LogP) is 4.61. The number of terminal acetylenes is 1. The number of pyridine rings is 1. The molecule has 9 rings (SSSR count). The number of piperazine rings is 1. The molecular formula is C34H30F4N6O3. The molecule has 2 aromatic heterocycles. The lowest BCUT2D eigenvalue weighted by atomic mass is 9.95. The van der Waals surface area contributed by atoms with Crippen LogP contribution in [-0.4, -0.2) is 87.6 Å². The number of hydrogen-bond donors (Lipinski definition) is 2. The summed E-state index contributed by atoms with van der Waals surface area (Å²) in [6.45, 7) is 2.10. The van der Waals surface area contributed by atoms with E-state index in [0.717, 1.165) is 38.3 Å². The zero-order valence-electron chi connectivity index (χ0n) is 25.2. The Kier molecular flexibility index (Phi) is 6.30. The third kappa shape index (κ3) is 4.27. The summed E-state index contributed by atoms with van der Waals surface area (Å²) >= 11 is 0. The Balaban J connectivity index is 1.25. The number of anilines is 1. The summed E-state index contributed by atoms with van der Waals surface area (Å²) in [5.41, 5.74) is -1.43. The van der Waals surface area contributed by atoms with Crippen LogP contribution in [0, 0.1) is 29.8 Å². The second kappa shape index (κ2) is 10.3. The maximum Gasteiger partial charge on any atom is 0.319 e. The van der Waals surface area contributed by atoms with E-state index >= 15 is 4.39 Å². The zero-order valence-corrected chi connectivity index (χ0v) is 25.2. The smallest absolute Gasteiger partial charge is 0.319 e. The van der Waals surface area contributed by atoms with Gasteiger partial charge in [0.2, 0.25) is 5.88 Å². The van der Waals surface area contributed by atoms with E-state index < -0.39 is 34.7 Å². The maximum absolute atomic E-state index is 17.0. The molecule has 0 amide bonds. The Labute approximate surface area is 266 Å². The third-order valence-corrected chi connectivity index (χ3v) is 10.7. The molecule has 2 bridgehead atoms. The van der Waals surface area contributed by atoms with Crippen molar-refractivity contribution >= 4 is 27.5 Å². The molecule has 242 valence electrons. The highest BCUT2D eigenvalue weighted by Crippen LogP contribution is 2.46. The Bertz CT molecular complexity index is 2040. The maximum atomic E-state index is 17.0. The average molecular weight is 647 g/mol. The van der Waals surface area contributed by atoms with Crippen LogP contribution in [0.15, 0.2) is 18.2 Å². The van der Waals surface area contributed by atoms with Crippen molar-refractivity contribution in [3.8, 4) is 41.2 Å². The molecule has 4 fully saturated rings. The Morgan fingerprint density at radius 2 is 1.98 bits per heavy atom. The summed E-state index contributed by atoms with van der Waals surface area (Å²) < 4.78 is 73.5. The summed E-state index contributed by atoms with van der Waals surface area (Å²) in [6.07, 6.45) is 8.63. The molecule has 2 aromatic carbocycles. The number of aromatic hydroxyl groups is 1. The molecule has 5 aliphatic rings. The fraction of sp³-hybridized carbons (Fsp3) is 0.441. The summed E-state index contributed by atoms with van der Waals surface area (Å²) in [4.78, 5) is 18.2. The molecule has 7 heterocycles. The predicted molar refractivity (Wildman–Crippen MR) is 165 cm³/mol. The number of alkyl halides is 1. The van der Waals surface area contributed by atoms with E-state index in [0.29, 0.717) is 25.3 Å². The number of nitrogens with one attached hydrogen (secondary N) is 1. The van der Waals surface area contributed by atoms with Crippen LogP contribution in [-0.2, 0) is 0 Å². The van der Waals surface area contributed by atoms with Gasteiger partial charge in [-0.3, -0.25) is 4.90 Å². The highest BCUT2D eigenvalue weighted by atomic mass is 19.2. The summed E-state index contributed by atoms with van der Waals surface area (Å²) in [5, 5.41) is 14.6. The quantitative estimate of drug-likeness (QED) is 0.244. The Morgan fingerprint density at radius 3 is 2.83 bits per heavy atom. The van der Waals surface area contributed by atoms with Crippen molar-refractivity contribution in [2.24, 2.45) is 0 Å². The number of hydrogen-bond acceptors (Lipinski definition) is 9. The number of benzene rings is 2. The molecule has 5 aliphatic heterocycles. The molecule has 9 nitrogen and oxygen atoms in total. The monoisotopic (exact) mass is 646 g/mol. The minimum absolute atomic E-state index is 0.00268. The molecule has 47 heavy (non-hydrogen) atoms. The number of fused-ring (bicyclic) bond motifs is 7. The Hall–Kier alpha value is -4.41. The van der Waals surface area contributed by atoms with Crippen LogP contribution in [0.1, 0.15) is 37.7 Å². The second-order valence-corrected chi connectivity index (χ2v) is 13.4. The van der Waals surface area contributed by atoms with E-state index in [2.05, 4.69) is 31.0 Å². The first-order chi connectivity index (χ1) is 22.7. The van der Waals surface area contributed by atoms with Gasteiger partial charge in [-0.2, -0.15) is 9.97 Å². The van der Waals surface area contributed by atoms with Crippen LogP contribution < -0.4 is 19.7 Å². The van der Waals surface area contributed by atoms with Crippen molar-refractivity contribution in [2.75, 3.05) is 37.7 Å². The lowest BCUT2D eigenvalue weighted by Gasteiger charge is -2.40. The largest absolute Gasteiger partial charge is 0.508 e. The number of halogens is 4. The Morgan fingerprint density at radius 1 is 1.11 bits per heavy atom. The fourth-order valence-corrected chi connectivity index (χ4v) is 8.60. The van der Waals surface area contributed by atoms with Crippen molar-refractivity contribution in [1.82, 2.24) is 25.2 Å².